The fraction of sp³-hybridized carbons (Fsp3) is 1.00. The molecule has 176 valence electrons. The lowest BCUT2D eigenvalue weighted by molar-refractivity contribution is 0.178. The van der Waals surface area contributed by atoms with Gasteiger partial charge in [-0.05, 0) is 31.6 Å². The van der Waals surface area contributed by atoms with Crippen molar-refractivity contribution in [3.8, 4) is 0 Å². The summed E-state index contributed by atoms with van der Waals surface area (Å²) in [7, 11) is 3.52. The number of unbranched alkanes of at least 4 members (excludes halogenated alkanes) is 2. The van der Waals surface area contributed by atoms with E-state index in [1.54, 1.807) is 14.2 Å². The van der Waals surface area contributed by atoms with Crippen LogP contribution in [0, 0.1) is 5.92 Å². The molecular weight excluding hydrogens is 324 g/mol. The van der Waals surface area contributed by atoms with Crippen molar-refractivity contribution in [2.24, 2.45) is 5.92 Å². The summed E-state index contributed by atoms with van der Waals surface area (Å²) in [5.41, 5.74) is 0. The van der Waals surface area contributed by atoms with E-state index in [0.29, 0.717) is 6.61 Å². The minimum Gasteiger partial charge on any atom is -0.396 e. The second-order valence-electron chi connectivity index (χ2n) is 4.71. The standard InChI is InChI=1S/C14H30O3.9CH4/c1-16-12-6-4-9-14(8-3-5-11-15)10-7-13-17-2;;;;;;;;;/h14-15H,3-13H2,1-2H3;9*1H4. The van der Waals surface area contributed by atoms with Crippen LogP contribution in [0.5, 0.6) is 0 Å². The Hall–Kier alpha value is -0.120. The molecule has 0 aliphatic heterocycles. The van der Waals surface area contributed by atoms with Gasteiger partial charge in [0.15, 0.2) is 0 Å². The van der Waals surface area contributed by atoms with Crippen LogP contribution < -0.4 is 0 Å². The molecule has 0 aromatic heterocycles. The Morgan fingerprint density at radius 3 is 1.27 bits per heavy atom. The monoisotopic (exact) mass is 391 g/mol. The third-order valence-electron chi connectivity index (χ3n) is 3.19. The second-order valence-corrected chi connectivity index (χ2v) is 4.71. The van der Waals surface area contributed by atoms with Crippen LogP contribution in [0.3, 0.4) is 0 Å². The Labute approximate surface area is 173 Å². The number of aliphatic hydroxyl groups is 1. The minimum absolute atomic E-state index is 0. The summed E-state index contributed by atoms with van der Waals surface area (Å²) < 4.78 is 10.2. The molecule has 0 aliphatic rings. The van der Waals surface area contributed by atoms with Crippen molar-refractivity contribution < 1.29 is 14.6 Å². The highest BCUT2D eigenvalue weighted by Crippen LogP contribution is 2.21. The number of methoxy groups -OCH3 is 2. The van der Waals surface area contributed by atoms with Gasteiger partial charge in [-0.3, -0.25) is 0 Å². The van der Waals surface area contributed by atoms with E-state index in [1.807, 2.05) is 0 Å². The van der Waals surface area contributed by atoms with Crippen molar-refractivity contribution in [1.82, 2.24) is 0 Å². The first-order chi connectivity index (χ1) is 8.35. The third kappa shape index (κ3) is 49.6. The molecule has 0 aliphatic carbocycles. The molecule has 0 saturated heterocycles. The predicted octanol–water partition coefficient (Wildman–Crippen LogP) is 8.73. The maximum absolute atomic E-state index is 8.80. The summed E-state index contributed by atoms with van der Waals surface area (Å²) in [6, 6.07) is 0. The summed E-state index contributed by atoms with van der Waals surface area (Å²) in [6.07, 6.45) is 9.46. The van der Waals surface area contributed by atoms with Gasteiger partial charge in [0, 0.05) is 34.0 Å². The molecule has 26 heavy (non-hydrogen) atoms. The van der Waals surface area contributed by atoms with Gasteiger partial charge >= 0.3 is 0 Å². The highest BCUT2D eigenvalue weighted by molar-refractivity contribution is 4.61. The molecule has 0 spiro atoms. The van der Waals surface area contributed by atoms with Crippen molar-refractivity contribution in [1.29, 1.82) is 0 Å². The highest BCUT2D eigenvalue weighted by atomic mass is 16.5. The normalized spacial score (nSPS) is 8.42. The average Bonchev–Trinajstić information content (AvgIpc) is 2.34. The first kappa shape index (κ1) is 63.5. The van der Waals surface area contributed by atoms with Gasteiger partial charge in [0.1, 0.15) is 0 Å². The molecule has 1 N–H and O–H groups in total. The maximum Gasteiger partial charge on any atom is 0.0462 e. The van der Waals surface area contributed by atoms with Crippen molar-refractivity contribution in [2.75, 3.05) is 34.0 Å². The van der Waals surface area contributed by atoms with Crippen molar-refractivity contribution >= 4 is 0 Å². The molecule has 0 radical (unpaired) electrons. The summed E-state index contributed by atoms with van der Waals surface area (Å²) in [6.45, 7) is 2.07. The molecule has 3 nitrogen and oxygen atoms in total. The van der Waals surface area contributed by atoms with Gasteiger partial charge < -0.3 is 14.6 Å². The lowest BCUT2D eigenvalue weighted by Crippen LogP contribution is -2.04. The van der Waals surface area contributed by atoms with Gasteiger partial charge in [-0.1, -0.05) is 92.5 Å². The van der Waals surface area contributed by atoms with E-state index in [9.17, 15) is 0 Å². The molecule has 0 heterocycles. The molecule has 0 amide bonds. The third-order valence-corrected chi connectivity index (χ3v) is 3.19. The van der Waals surface area contributed by atoms with Crippen LogP contribution in [0.1, 0.15) is 118 Å². The minimum atomic E-state index is 0. The Bertz CT molecular complexity index is 131. The number of hydrogen-bond acceptors (Lipinski definition) is 3. The molecule has 0 aromatic carbocycles. The summed E-state index contributed by atoms with van der Waals surface area (Å²) in [5, 5.41) is 8.80. The molecule has 0 bridgehead atoms. The van der Waals surface area contributed by atoms with E-state index in [2.05, 4.69) is 0 Å². The number of ether oxygens (including phenoxy) is 2. The average molecular weight is 391 g/mol. The smallest absolute Gasteiger partial charge is 0.0462 e. The van der Waals surface area contributed by atoms with Crippen LogP contribution in [-0.4, -0.2) is 39.1 Å². The van der Waals surface area contributed by atoms with Gasteiger partial charge in [-0.15, -0.1) is 0 Å². The zero-order valence-corrected chi connectivity index (χ0v) is 11.6. The summed E-state index contributed by atoms with van der Waals surface area (Å²) in [4.78, 5) is 0. The zero-order valence-electron chi connectivity index (χ0n) is 11.6. The molecule has 3 heteroatoms. The van der Waals surface area contributed by atoms with E-state index in [-0.39, 0.29) is 66.8 Å². The van der Waals surface area contributed by atoms with Gasteiger partial charge in [0.05, 0.1) is 0 Å². The van der Waals surface area contributed by atoms with E-state index >= 15 is 0 Å². The number of rotatable bonds is 13. The lowest BCUT2D eigenvalue weighted by atomic mass is 9.91. The Morgan fingerprint density at radius 1 is 0.538 bits per heavy atom. The molecule has 0 rings (SSSR count). The van der Waals surface area contributed by atoms with Crippen molar-refractivity contribution in [3.05, 3.63) is 0 Å². The van der Waals surface area contributed by atoms with Crippen LogP contribution in [0.15, 0.2) is 0 Å². The number of aliphatic hydroxyl groups excluding tert-OH is 1. The molecular formula is C23H66O3. The van der Waals surface area contributed by atoms with Crippen LogP contribution in [0.2, 0.25) is 0 Å². The predicted molar refractivity (Wildman–Crippen MR) is 132 cm³/mol. The maximum atomic E-state index is 8.80. The molecule has 1 atom stereocenters. The van der Waals surface area contributed by atoms with E-state index in [1.165, 1.54) is 25.7 Å². The summed E-state index contributed by atoms with van der Waals surface area (Å²) in [5.74, 6) is 0.800. The van der Waals surface area contributed by atoms with E-state index < -0.39 is 0 Å². The van der Waals surface area contributed by atoms with Crippen molar-refractivity contribution in [3.63, 3.8) is 0 Å². The van der Waals surface area contributed by atoms with E-state index in [4.69, 9.17) is 14.6 Å². The highest BCUT2D eigenvalue weighted by Gasteiger charge is 2.08. The summed E-state index contributed by atoms with van der Waals surface area (Å²) >= 11 is 0. The van der Waals surface area contributed by atoms with Gasteiger partial charge in [0.25, 0.3) is 0 Å². The van der Waals surface area contributed by atoms with Gasteiger partial charge in [-0.2, -0.15) is 0 Å². The Balaban J connectivity index is -0.0000000356. The quantitative estimate of drug-likeness (QED) is 0.319. The van der Waals surface area contributed by atoms with E-state index in [0.717, 1.165) is 44.8 Å². The Morgan fingerprint density at radius 2 is 0.885 bits per heavy atom. The van der Waals surface area contributed by atoms with Gasteiger partial charge in [-0.25, -0.2) is 0 Å². The van der Waals surface area contributed by atoms with Crippen LogP contribution in [0.4, 0.5) is 0 Å². The molecule has 0 aromatic rings. The van der Waals surface area contributed by atoms with Crippen LogP contribution in [-0.2, 0) is 9.47 Å². The second kappa shape index (κ2) is 56.3. The van der Waals surface area contributed by atoms with Gasteiger partial charge in [0.2, 0.25) is 0 Å². The SMILES string of the molecule is C.C.C.C.C.C.C.C.C.COCCCCC(CCCCO)CCCOC. The largest absolute Gasteiger partial charge is 0.396 e. The number of hydrogen-bond donors (Lipinski definition) is 1. The topological polar surface area (TPSA) is 38.7 Å². The fourth-order valence-corrected chi connectivity index (χ4v) is 2.17. The fourth-order valence-electron chi connectivity index (χ4n) is 2.17. The zero-order chi connectivity index (χ0) is 12.8. The molecule has 0 fully saturated rings. The first-order valence-electron chi connectivity index (χ1n) is 6.93. The molecule has 0 saturated carbocycles. The molecule has 1 unspecified atom stereocenters. The van der Waals surface area contributed by atoms with Crippen molar-refractivity contribution in [2.45, 2.75) is 118 Å². The first-order valence-corrected chi connectivity index (χ1v) is 6.93. The lowest BCUT2D eigenvalue weighted by Gasteiger charge is -2.16. The van der Waals surface area contributed by atoms with Crippen LogP contribution >= 0.6 is 0 Å². The van der Waals surface area contributed by atoms with Crippen LogP contribution in [0.25, 0.3) is 0 Å². The Kier molecular flexibility index (Phi) is 137.